The van der Waals surface area contributed by atoms with E-state index in [1.165, 1.54) is 0 Å². The molecule has 2 heteroatoms. The molecule has 0 aliphatic heterocycles. The second-order valence-corrected chi connectivity index (χ2v) is 2.68. The van der Waals surface area contributed by atoms with Crippen molar-refractivity contribution < 1.29 is 1.43 Å². The highest BCUT2D eigenvalue weighted by molar-refractivity contribution is 5.12. The largest absolute Gasteiger partial charge is 0.324 e. The summed E-state index contributed by atoms with van der Waals surface area (Å²) >= 11 is 0. The standard InChI is InChI=1S/C9H14N2.H2/c1-2-4-9(10)8-5-3-6-11-7-8;/h3,5-7,9H,2,4,10H2,1H3;1H/t9-;/m0./s1. The molecule has 0 aliphatic rings. The molecule has 1 atom stereocenters. The third kappa shape index (κ3) is 2.31. The Morgan fingerprint density at radius 2 is 2.55 bits per heavy atom. The van der Waals surface area contributed by atoms with Gasteiger partial charge in [-0.2, -0.15) is 0 Å². The molecule has 1 aromatic rings. The lowest BCUT2D eigenvalue weighted by Gasteiger charge is -2.08. The predicted octanol–water partition coefficient (Wildman–Crippen LogP) is 2.13. The van der Waals surface area contributed by atoms with E-state index in [1.807, 2.05) is 18.3 Å². The van der Waals surface area contributed by atoms with Gasteiger partial charge < -0.3 is 5.73 Å². The third-order valence-electron chi connectivity index (χ3n) is 1.71. The maximum Gasteiger partial charge on any atom is 0.0315 e. The summed E-state index contributed by atoms with van der Waals surface area (Å²) in [4.78, 5) is 4.01. The molecule has 1 rings (SSSR count). The highest BCUT2D eigenvalue weighted by Crippen LogP contribution is 2.12. The second-order valence-electron chi connectivity index (χ2n) is 2.68. The Bertz CT molecular complexity index is 201. The monoisotopic (exact) mass is 152 g/mol. The SMILES string of the molecule is CCC[C@H](N)c1cccnc1.[HH]. The van der Waals surface area contributed by atoms with E-state index in [2.05, 4.69) is 11.9 Å². The van der Waals surface area contributed by atoms with Gasteiger partial charge in [0.05, 0.1) is 0 Å². The van der Waals surface area contributed by atoms with Gasteiger partial charge in [-0.3, -0.25) is 4.98 Å². The Morgan fingerprint density at radius 3 is 3.09 bits per heavy atom. The minimum Gasteiger partial charge on any atom is -0.324 e. The molecule has 0 aliphatic carbocycles. The minimum absolute atomic E-state index is 0. The molecule has 0 fully saturated rings. The zero-order valence-electron chi connectivity index (χ0n) is 6.83. The fourth-order valence-corrected chi connectivity index (χ4v) is 1.07. The Labute approximate surface area is 68.9 Å². The molecule has 0 amide bonds. The van der Waals surface area contributed by atoms with Crippen LogP contribution in [0.4, 0.5) is 0 Å². The van der Waals surface area contributed by atoms with Crippen LogP contribution in [-0.4, -0.2) is 4.98 Å². The maximum absolute atomic E-state index is 5.87. The van der Waals surface area contributed by atoms with Crippen LogP contribution in [-0.2, 0) is 0 Å². The average Bonchev–Trinajstić information content (AvgIpc) is 2.07. The van der Waals surface area contributed by atoms with Gasteiger partial charge in [0.1, 0.15) is 0 Å². The Balaban J connectivity index is 0.00000121. The molecular formula is C9H16N2. The third-order valence-corrected chi connectivity index (χ3v) is 1.71. The Hall–Kier alpha value is -0.890. The van der Waals surface area contributed by atoms with Crippen molar-refractivity contribution in [3.8, 4) is 0 Å². The van der Waals surface area contributed by atoms with Crippen LogP contribution >= 0.6 is 0 Å². The molecule has 0 radical (unpaired) electrons. The van der Waals surface area contributed by atoms with E-state index in [4.69, 9.17) is 5.73 Å². The van der Waals surface area contributed by atoms with Crippen molar-refractivity contribution in [2.75, 3.05) is 0 Å². The highest BCUT2D eigenvalue weighted by Gasteiger charge is 2.02. The van der Waals surface area contributed by atoms with Crippen LogP contribution in [0.3, 0.4) is 0 Å². The molecule has 0 unspecified atom stereocenters. The van der Waals surface area contributed by atoms with Crippen molar-refractivity contribution >= 4 is 0 Å². The van der Waals surface area contributed by atoms with Crippen molar-refractivity contribution in [1.29, 1.82) is 0 Å². The first-order valence-corrected chi connectivity index (χ1v) is 4.00. The highest BCUT2D eigenvalue weighted by atomic mass is 14.7. The Morgan fingerprint density at radius 1 is 1.73 bits per heavy atom. The number of pyridine rings is 1. The second kappa shape index (κ2) is 4.09. The number of rotatable bonds is 3. The lowest BCUT2D eigenvalue weighted by Crippen LogP contribution is -2.09. The summed E-state index contributed by atoms with van der Waals surface area (Å²) in [5, 5.41) is 0. The van der Waals surface area contributed by atoms with Crippen LogP contribution in [0.2, 0.25) is 0 Å². The molecule has 0 saturated heterocycles. The molecule has 62 valence electrons. The number of hydrogen-bond donors (Lipinski definition) is 1. The van der Waals surface area contributed by atoms with E-state index < -0.39 is 0 Å². The molecule has 2 N–H and O–H groups in total. The van der Waals surface area contributed by atoms with Gasteiger partial charge >= 0.3 is 0 Å². The normalized spacial score (nSPS) is 12.9. The lowest BCUT2D eigenvalue weighted by atomic mass is 10.1. The average molecular weight is 152 g/mol. The van der Waals surface area contributed by atoms with Gasteiger partial charge in [-0.05, 0) is 18.1 Å². The fourth-order valence-electron chi connectivity index (χ4n) is 1.07. The smallest absolute Gasteiger partial charge is 0.0315 e. The summed E-state index contributed by atoms with van der Waals surface area (Å²) in [5.74, 6) is 0. The zero-order valence-corrected chi connectivity index (χ0v) is 6.83. The van der Waals surface area contributed by atoms with Crippen LogP contribution in [0.15, 0.2) is 24.5 Å². The molecule has 0 aromatic carbocycles. The maximum atomic E-state index is 5.87. The van der Waals surface area contributed by atoms with E-state index in [9.17, 15) is 0 Å². The number of nitrogens with zero attached hydrogens (tertiary/aromatic N) is 1. The van der Waals surface area contributed by atoms with E-state index in [1.54, 1.807) is 6.20 Å². The molecule has 1 heterocycles. The quantitative estimate of drug-likeness (QED) is 0.720. The summed E-state index contributed by atoms with van der Waals surface area (Å²) in [5.41, 5.74) is 7.00. The van der Waals surface area contributed by atoms with Gasteiger partial charge in [-0.1, -0.05) is 19.4 Å². The molecule has 0 spiro atoms. The van der Waals surface area contributed by atoms with Gasteiger partial charge in [0.25, 0.3) is 0 Å². The molecule has 1 aromatic heterocycles. The summed E-state index contributed by atoms with van der Waals surface area (Å²) in [7, 11) is 0. The topological polar surface area (TPSA) is 38.9 Å². The van der Waals surface area contributed by atoms with Gasteiger partial charge in [0, 0.05) is 19.9 Å². The first-order chi connectivity index (χ1) is 5.34. The fraction of sp³-hybridized carbons (Fsp3) is 0.444. The van der Waals surface area contributed by atoms with Crippen molar-refractivity contribution in [3.63, 3.8) is 0 Å². The van der Waals surface area contributed by atoms with Crippen LogP contribution in [0, 0.1) is 0 Å². The van der Waals surface area contributed by atoms with Crippen LogP contribution < -0.4 is 5.73 Å². The first kappa shape index (κ1) is 8.21. The van der Waals surface area contributed by atoms with Gasteiger partial charge in [-0.25, -0.2) is 0 Å². The zero-order chi connectivity index (χ0) is 8.10. The summed E-state index contributed by atoms with van der Waals surface area (Å²) < 4.78 is 0. The molecule has 2 nitrogen and oxygen atoms in total. The van der Waals surface area contributed by atoms with Crippen molar-refractivity contribution in [2.45, 2.75) is 25.8 Å². The van der Waals surface area contributed by atoms with Crippen LogP contribution in [0.5, 0.6) is 0 Å². The molecule has 11 heavy (non-hydrogen) atoms. The van der Waals surface area contributed by atoms with Crippen LogP contribution in [0.25, 0.3) is 0 Å². The van der Waals surface area contributed by atoms with Crippen molar-refractivity contribution in [3.05, 3.63) is 30.1 Å². The van der Waals surface area contributed by atoms with E-state index >= 15 is 0 Å². The predicted molar refractivity (Wildman–Crippen MR) is 48.2 cm³/mol. The molecular weight excluding hydrogens is 136 g/mol. The van der Waals surface area contributed by atoms with Crippen molar-refractivity contribution in [2.24, 2.45) is 5.73 Å². The lowest BCUT2D eigenvalue weighted by molar-refractivity contribution is 0.636. The van der Waals surface area contributed by atoms with Crippen LogP contribution in [0.1, 0.15) is 32.8 Å². The van der Waals surface area contributed by atoms with E-state index in [0.717, 1.165) is 18.4 Å². The molecule has 0 saturated carbocycles. The van der Waals surface area contributed by atoms with E-state index in [0.29, 0.717) is 0 Å². The van der Waals surface area contributed by atoms with E-state index in [-0.39, 0.29) is 7.47 Å². The number of hydrogen-bond acceptors (Lipinski definition) is 2. The van der Waals surface area contributed by atoms with Gasteiger partial charge in [0.2, 0.25) is 0 Å². The first-order valence-electron chi connectivity index (χ1n) is 4.00. The minimum atomic E-state index is 0. The van der Waals surface area contributed by atoms with Gasteiger partial charge in [-0.15, -0.1) is 0 Å². The van der Waals surface area contributed by atoms with Gasteiger partial charge in [0.15, 0.2) is 0 Å². The number of nitrogens with two attached hydrogens (primary N) is 1. The molecule has 0 bridgehead atoms. The summed E-state index contributed by atoms with van der Waals surface area (Å²) in [6, 6.07) is 4.10. The van der Waals surface area contributed by atoms with Crippen molar-refractivity contribution in [1.82, 2.24) is 4.98 Å². The summed E-state index contributed by atoms with van der Waals surface area (Å²) in [6.07, 6.45) is 5.75. The Kier molecular flexibility index (Phi) is 3.05. The number of aromatic nitrogens is 1. The summed E-state index contributed by atoms with van der Waals surface area (Å²) in [6.45, 7) is 2.14.